The van der Waals surface area contributed by atoms with E-state index in [2.05, 4.69) is 10.1 Å². The lowest BCUT2D eigenvalue weighted by molar-refractivity contribution is -0.137. The van der Waals surface area contributed by atoms with Crippen LogP contribution in [0.4, 0.5) is 13.2 Å². The maximum atomic E-state index is 12.5. The van der Waals surface area contributed by atoms with Crippen molar-refractivity contribution in [3.05, 3.63) is 41.5 Å². The number of aromatic nitrogens is 3. The number of aryl methyl sites for hydroxylation is 1. The average molecular weight is 301 g/mol. The molecule has 0 aliphatic rings. The lowest BCUT2D eigenvalue weighted by Gasteiger charge is -2.14. The molecule has 5 nitrogen and oxygen atoms in total. The Morgan fingerprint density at radius 2 is 2.05 bits per heavy atom. The normalized spacial score (nSPS) is 13.2. The molecule has 114 valence electrons. The van der Waals surface area contributed by atoms with Crippen molar-refractivity contribution in [3.63, 3.8) is 0 Å². The third kappa shape index (κ3) is 2.99. The molecule has 0 saturated carbocycles. The summed E-state index contributed by atoms with van der Waals surface area (Å²) in [4.78, 5) is 3.69. The Bertz CT molecular complexity index is 587. The smallest absolute Gasteiger partial charge is 0.417 e. The Labute approximate surface area is 119 Å². The highest BCUT2D eigenvalue weighted by Gasteiger charge is 2.31. The minimum absolute atomic E-state index is 0.0940. The van der Waals surface area contributed by atoms with Crippen LogP contribution in [0, 0.1) is 0 Å². The number of pyridine rings is 1. The second-order valence-corrected chi connectivity index (χ2v) is 4.29. The summed E-state index contributed by atoms with van der Waals surface area (Å²) in [5.74, 6) is 0.353. The van der Waals surface area contributed by atoms with E-state index in [1.54, 1.807) is 0 Å². The maximum absolute atomic E-state index is 12.5. The van der Waals surface area contributed by atoms with Gasteiger partial charge in [0.15, 0.2) is 5.75 Å². The third-order valence-electron chi connectivity index (χ3n) is 3.02. The zero-order valence-corrected chi connectivity index (χ0v) is 11.4. The molecule has 0 spiro atoms. The van der Waals surface area contributed by atoms with E-state index in [9.17, 15) is 18.3 Å². The van der Waals surface area contributed by atoms with Crippen LogP contribution in [-0.2, 0) is 12.7 Å². The Morgan fingerprint density at radius 1 is 1.33 bits per heavy atom. The summed E-state index contributed by atoms with van der Waals surface area (Å²) in [6, 6.07) is 2.02. The molecule has 0 aliphatic heterocycles. The molecule has 1 unspecified atom stereocenters. The number of methoxy groups -OCH3 is 1. The summed E-state index contributed by atoms with van der Waals surface area (Å²) in [7, 11) is 1.42. The Hall–Kier alpha value is -2.09. The molecule has 0 amide bonds. The van der Waals surface area contributed by atoms with Gasteiger partial charge in [0.05, 0.1) is 24.6 Å². The van der Waals surface area contributed by atoms with Crippen LogP contribution in [0.1, 0.15) is 30.0 Å². The van der Waals surface area contributed by atoms with Crippen molar-refractivity contribution < 1.29 is 23.0 Å². The Balaban J connectivity index is 2.36. The van der Waals surface area contributed by atoms with Gasteiger partial charge in [0.25, 0.3) is 0 Å². The number of alkyl halides is 3. The molecule has 0 fully saturated rings. The molecular weight excluding hydrogens is 287 g/mol. The maximum Gasteiger partial charge on any atom is 0.417 e. The fourth-order valence-corrected chi connectivity index (χ4v) is 1.94. The van der Waals surface area contributed by atoms with Crippen LogP contribution in [0.5, 0.6) is 5.75 Å². The first kappa shape index (κ1) is 15.3. The third-order valence-corrected chi connectivity index (χ3v) is 3.02. The molecule has 0 aromatic carbocycles. The monoisotopic (exact) mass is 301 g/mol. The van der Waals surface area contributed by atoms with Crippen LogP contribution in [0.2, 0.25) is 0 Å². The SMILES string of the molecule is CCn1ncc(OC)c1C(O)c1ccc(C(F)(F)F)cn1. The zero-order valence-electron chi connectivity index (χ0n) is 11.4. The van der Waals surface area contributed by atoms with Crippen LogP contribution in [0.3, 0.4) is 0 Å². The van der Waals surface area contributed by atoms with Crippen LogP contribution in [-0.4, -0.2) is 27.0 Å². The van der Waals surface area contributed by atoms with Crippen molar-refractivity contribution in [2.45, 2.75) is 25.7 Å². The molecule has 1 atom stereocenters. The van der Waals surface area contributed by atoms with Gasteiger partial charge >= 0.3 is 6.18 Å². The number of ether oxygens (including phenoxy) is 1. The molecule has 0 bridgehead atoms. The van der Waals surface area contributed by atoms with Crippen molar-refractivity contribution in [3.8, 4) is 5.75 Å². The first-order valence-electron chi connectivity index (χ1n) is 6.19. The standard InChI is InChI=1S/C13H14F3N3O2/c1-3-19-11(10(21-2)7-18-19)12(20)9-5-4-8(6-17-9)13(14,15)16/h4-7,12,20H,3H2,1-2H3. The first-order chi connectivity index (χ1) is 9.88. The molecular formula is C13H14F3N3O2. The molecule has 0 aliphatic carbocycles. The lowest BCUT2D eigenvalue weighted by atomic mass is 10.1. The minimum Gasteiger partial charge on any atom is -0.493 e. The summed E-state index contributed by atoms with van der Waals surface area (Å²) < 4.78 is 44.1. The molecule has 8 heteroatoms. The van der Waals surface area contributed by atoms with Crippen molar-refractivity contribution >= 4 is 0 Å². The van der Waals surface area contributed by atoms with Gasteiger partial charge < -0.3 is 9.84 Å². The topological polar surface area (TPSA) is 60.2 Å². The molecule has 2 aromatic rings. The number of hydrogen-bond acceptors (Lipinski definition) is 4. The zero-order chi connectivity index (χ0) is 15.6. The van der Waals surface area contributed by atoms with Crippen LogP contribution in [0.15, 0.2) is 24.5 Å². The highest BCUT2D eigenvalue weighted by Crippen LogP contribution is 2.32. The van der Waals surface area contributed by atoms with E-state index in [0.29, 0.717) is 24.2 Å². The van der Waals surface area contributed by atoms with Gasteiger partial charge in [-0.15, -0.1) is 0 Å². The number of aliphatic hydroxyl groups excluding tert-OH is 1. The second kappa shape index (κ2) is 5.72. The van der Waals surface area contributed by atoms with Crippen molar-refractivity contribution in [2.75, 3.05) is 7.11 Å². The van der Waals surface area contributed by atoms with Gasteiger partial charge in [-0.05, 0) is 19.1 Å². The highest BCUT2D eigenvalue weighted by molar-refractivity contribution is 5.33. The largest absolute Gasteiger partial charge is 0.493 e. The van der Waals surface area contributed by atoms with Crippen LogP contribution < -0.4 is 4.74 Å². The number of aliphatic hydroxyl groups is 1. The van der Waals surface area contributed by atoms with Gasteiger partial charge in [-0.2, -0.15) is 18.3 Å². The quantitative estimate of drug-likeness (QED) is 0.942. The molecule has 0 saturated heterocycles. The number of hydrogen-bond donors (Lipinski definition) is 1. The number of halogens is 3. The molecule has 0 radical (unpaired) electrons. The fraction of sp³-hybridized carbons (Fsp3) is 0.385. The minimum atomic E-state index is -4.46. The van der Waals surface area contributed by atoms with Crippen LogP contribution >= 0.6 is 0 Å². The molecule has 1 N–H and O–H groups in total. The Morgan fingerprint density at radius 3 is 2.52 bits per heavy atom. The predicted molar refractivity (Wildman–Crippen MR) is 67.8 cm³/mol. The van der Waals surface area contributed by atoms with E-state index in [1.165, 1.54) is 18.0 Å². The molecule has 21 heavy (non-hydrogen) atoms. The van der Waals surface area contributed by atoms with Crippen LogP contribution in [0.25, 0.3) is 0 Å². The van der Waals surface area contributed by atoms with E-state index in [4.69, 9.17) is 4.74 Å². The fourth-order valence-electron chi connectivity index (χ4n) is 1.94. The summed E-state index contributed by atoms with van der Waals surface area (Å²) >= 11 is 0. The van der Waals surface area contributed by atoms with E-state index in [0.717, 1.165) is 12.1 Å². The van der Waals surface area contributed by atoms with E-state index < -0.39 is 17.8 Å². The number of rotatable bonds is 4. The summed E-state index contributed by atoms with van der Waals surface area (Å²) in [5, 5.41) is 14.3. The molecule has 2 heterocycles. The van der Waals surface area contributed by atoms with Crippen molar-refractivity contribution in [1.82, 2.24) is 14.8 Å². The van der Waals surface area contributed by atoms with Gasteiger partial charge in [0, 0.05) is 12.7 Å². The van der Waals surface area contributed by atoms with Gasteiger partial charge in [-0.3, -0.25) is 9.67 Å². The predicted octanol–water partition coefficient (Wildman–Crippen LogP) is 2.41. The van der Waals surface area contributed by atoms with Crippen molar-refractivity contribution in [1.29, 1.82) is 0 Å². The summed E-state index contributed by atoms with van der Waals surface area (Å²) in [6.45, 7) is 2.30. The van der Waals surface area contributed by atoms with Gasteiger partial charge in [-0.25, -0.2) is 0 Å². The average Bonchev–Trinajstić information content (AvgIpc) is 2.88. The van der Waals surface area contributed by atoms with E-state index in [-0.39, 0.29) is 5.69 Å². The Kier molecular flexibility index (Phi) is 4.17. The first-order valence-corrected chi connectivity index (χ1v) is 6.19. The number of nitrogens with zero attached hydrogens (tertiary/aromatic N) is 3. The van der Waals surface area contributed by atoms with Crippen molar-refractivity contribution in [2.24, 2.45) is 0 Å². The van der Waals surface area contributed by atoms with E-state index >= 15 is 0 Å². The van der Waals surface area contributed by atoms with E-state index in [1.807, 2.05) is 6.92 Å². The second-order valence-electron chi connectivity index (χ2n) is 4.29. The highest BCUT2D eigenvalue weighted by atomic mass is 19.4. The molecule has 2 aromatic heterocycles. The molecule has 2 rings (SSSR count). The summed E-state index contributed by atoms with van der Waals surface area (Å²) in [5.41, 5.74) is -0.418. The summed E-state index contributed by atoms with van der Waals surface area (Å²) in [6.07, 6.45) is -3.55. The van der Waals surface area contributed by atoms with Gasteiger partial charge in [-0.1, -0.05) is 0 Å². The van der Waals surface area contributed by atoms with Gasteiger partial charge in [0.2, 0.25) is 0 Å². The lowest BCUT2D eigenvalue weighted by Crippen LogP contribution is -2.12. The van der Waals surface area contributed by atoms with Gasteiger partial charge in [0.1, 0.15) is 11.8 Å².